The molecular formula is C10H17NO2S. The highest BCUT2D eigenvalue weighted by Crippen LogP contribution is 2.23. The van der Waals surface area contributed by atoms with Gasteiger partial charge in [0.1, 0.15) is 0 Å². The fraction of sp³-hybridized carbons (Fsp3) is 0.800. The zero-order valence-corrected chi connectivity index (χ0v) is 9.52. The average Bonchev–Trinajstić information content (AvgIpc) is 2.66. The fourth-order valence-electron chi connectivity index (χ4n) is 1.26. The van der Waals surface area contributed by atoms with Gasteiger partial charge in [-0.15, -0.1) is 0 Å². The minimum Gasteiger partial charge on any atom is -0.349 e. The number of hydrogen-bond donors (Lipinski definition) is 1. The van der Waals surface area contributed by atoms with Gasteiger partial charge in [0.25, 0.3) is 0 Å². The highest BCUT2D eigenvalue weighted by molar-refractivity contribution is 7.99. The third-order valence-electron chi connectivity index (χ3n) is 2.38. The molecule has 0 spiro atoms. The molecule has 1 fully saturated rings. The third kappa shape index (κ3) is 3.33. The molecule has 0 aliphatic carbocycles. The van der Waals surface area contributed by atoms with Crippen LogP contribution in [-0.4, -0.2) is 29.7 Å². The molecule has 0 saturated carbocycles. The molecule has 1 unspecified atom stereocenters. The van der Waals surface area contributed by atoms with Crippen molar-refractivity contribution < 1.29 is 9.59 Å². The monoisotopic (exact) mass is 215 g/mol. The number of carbonyl (C=O) groups is 2. The number of rotatable bonds is 4. The largest absolute Gasteiger partial charge is 0.349 e. The Bertz CT molecular complexity index is 222. The van der Waals surface area contributed by atoms with Crippen molar-refractivity contribution in [2.24, 2.45) is 11.8 Å². The molecule has 1 rings (SSSR count). The molecule has 14 heavy (non-hydrogen) atoms. The molecule has 80 valence electrons. The van der Waals surface area contributed by atoms with E-state index in [1.165, 1.54) is 0 Å². The van der Waals surface area contributed by atoms with E-state index in [0.717, 1.165) is 17.9 Å². The van der Waals surface area contributed by atoms with Crippen LogP contribution in [0.3, 0.4) is 0 Å². The van der Waals surface area contributed by atoms with Crippen molar-refractivity contribution >= 4 is 23.5 Å². The van der Waals surface area contributed by atoms with Crippen LogP contribution in [0, 0.1) is 11.8 Å². The fourth-order valence-corrected chi connectivity index (χ4v) is 2.48. The summed E-state index contributed by atoms with van der Waals surface area (Å²) in [4.78, 5) is 22.7. The van der Waals surface area contributed by atoms with Gasteiger partial charge in [0.2, 0.25) is 5.91 Å². The average molecular weight is 215 g/mol. The lowest BCUT2D eigenvalue weighted by Crippen LogP contribution is -2.35. The maximum absolute atomic E-state index is 11.5. The Morgan fingerprint density at radius 1 is 1.50 bits per heavy atom. The van der Waals surface area contributed by atoms with E-state index in [1.807, 2.05) is 13.8 Å². The van der Waals surface area contributed by atoms with Crippen molar-refractivity contribution in [3.05, 3.63) is 0 Å². The molecule has 3 nitrogen and oxygen atoms in total. The summed E-state index contributed by atoms with van der Waals surface area (Å²) in [7, 11) is 0. The topological polar surface area (TPSA) is 46.2 Å². The Kier molecular flexibility index (Phi) is 4.45. The second-order valence-corrected chi connectivity index (χ2v) is 5.05. The summed E-state index contributed by atoms with van der Waals surface area (Å²) in [6.07, 6.45) is 0.951. The summed E-state index contributed by atoms with van der Waals surface area (Å²) < 4.78 is 0. The van der Waals surface area contributed by atoms with E-state index in [1.54, 1.807) is 11.8 Å². The van der Waals surface area contributed by atoms with Gasteiger partial charge >= 0.3 is 0 Å². The maximum Gasteiger partial charge on any atom is 0.224 e. The standard InChI is InChI=1S/C10H17NO2S/c1-7(2)9(12)5-11-10(13)8-3-4-14-6-8/h7-8H,3-6H2,1-2H3,(H,11,13). The van der Waals surface area contributed by atoms with Gasteiger partial charge < -0.3 is 5.32 Å². The first-order chi connectivity index (χ1) is 6.61. The molecule has 1 N–H and O–H groups in total. The normalized spacial score (nSPS) is 21.2. The molecule has 4 heteroatoms. The van der Waals surface area contributed by atoms with Crippen molar-refractivity contribution in [1.82, 2.24) is 5.32 Å². The Hall–Kier alpha value is -0.510. The van der Waals surface area contributed by atoms with E-state index >= 15 is 0 Å². The number of thioether (sulfide) groups is 1. The molecule has 1 heterocycles. The van der Waals surface area contributed by atoms with Crippen molar-refractivity contribution in [1.29, 1.82) is 0 Å². The van der Waals surface area contributed by atoms with Crippen molar-refractivity contribution in [2.45, 2.75) is 20.3 Å². The van der Waals surface area contributed by atoms with Gasteiger partial charge in [-0.3, -0.25) is 9.59 Å². The maximum atomic E-state index is 11.5. The SMILES string of the molecule is CC(C)C(=O)CNC(=O)C1CCSC1. The van der Waals surface area contributed by atoms with Crippen LogP contribution in [0.4, 0.5) is 0 Å². The van der Waals surface area contributed by atoms with Crippen LogP contribution in [0.2, 0.25) is 0 Å². The number of ketones is 1. The van der Waals surface area contributed by atoms with E-state index < -0.39 is 0 Å². The molecular weight excluding hydrogens is 198 g/mol. The Morgan fingerprint density at radius 2 is 2.21 bits per heavy atom. The summed E-state index contributed by atoms with van der Waals surface area (Å²) in [5.74, 6) is 2.25. The highest BCUT2D eigenvalue weighted by Gasteiger charge is 2.23. The molecule has 1 saturated heterocycles. The number of amides is 1. The second-order valence-electron chi connectivity index (χ2n) is 3.90. The highest BCUT2D eigenvalue weighted by atomic mass is 32.2. The van der Waals surface area contributed by atoms with Gasteiger partial charge in [-0.05, 0) is 12.2 Å². The van der Waals surface area contributed by atoms with Crippen LogP contribution in [0.5, 0.6) is 0 Å². The van der Waals surface area contributed by atoms with Crippen LogP contribution in [-0.2, 0) is 9.59 Å². The first-order valence-corrected chi connectivity index (χ1v) is 6.15. The molecule has 0 aromatic rings. The Labute approximate surface area is 89.0 Å². The van der Waals surface area contributed by atoms with Crippen LogP contribution in [0.1, 0.15) is 20.3 Å². The molecule has 0 aromatic heterocycles. The summed E-state index contributed by atoms with van der Waals surface area (Å²) in [6.45, 7) is 3.89. The molecule has 1 amide bonds. The van der Waals surface area contributed by atoms with E-state index in [0.29, 0.717) is 0 Å². The quantitative estimate of drug-likeness (QED) is 0.763. The number of nitrogens with one attached hydrogen (secondary N) is 1. The lowest BCUT2D eigenvalue weighted by atomic mass is 10.1. The van der Waals surface area contributed by atoms with E-state index in [2.05, 4.69) is 5.32 Å². The number of Topliss-reactive ketones (excluding diaryl/α,β-unsaturated/α-hetero) is 1. The van der Waals surface area contributed by atoms with Gasteiger partial charge in [-0.25, -0.2) is 0 Å². The Morgan fingerprint density at radius 3 is 2.71 bits per heavy atom. The number of hydrogen-bond acceptors (Lipinski definition) is 3. The molecule has 0 bridgehead atoms. The van der Waals surface area contributed by atoms with E-state index in [4.69, 9.17) is 0 Å². The van der Waals surface area contributed by atoms with Crippen LogP contribution in [0.25, 0.3) is 0 Å². The predicted octanol–water partition coefficient (Wildman–Crippen LogP) is 1.08. The zero-order chi connectivity index (χ0) is 10.6. The minimum atomic E-state index is 0.00764. The van der Waals surface area contributed by atoms with Crippen LogP contribution < -0.4 is 5.32 Å². The van der Waals surface area contributed by atoms with Crippen molar-refractivity contribution in [2.75, 3.05) is 18.1 Å². The van der Waals surface area contributed by atoms with Crippen molar-refractivity contribution in [3.8, 4) is 0 Å². The molecule has 0 aromatic carbocycles. The second kappa shape index (κ2) is 5.39. The van der Waals surface area contributed by atoms with Crippen LogP contribution >= 0.6 is 11.8 Å². The first-order valence-electron chi connectivity index (χ1n) is 4.99. The first kappa shape index (κ1) is 11.6. The molecule has 1 aliphatic rings. The van der Waals surface area contributed by atoms with Crippen LogP contribution in [0.15, 0.2) is 0 Å². The Balaban J connectivity index is 2.23. The summed E-state index contributed by atoms with van der Waals surface area (Å²) in [5, 5.41) is 2.70. The molecule has 0 radical (unpaired) electrons. The van der Waals surface area contributed by atoms with Gasteiger partial charge in [0.05, 0.1) is 6.54 Å². The summed E-state index contributed by atoms with van der Waals surface area (Å²) >= 11 is 1.81. The van der Waals surface area contributed by atoms with Gasteiger partial charge in [-0.1, -0.05) is 13.8 Å². The van der Waals surface area contributed by atoms with Gasteiger partial charge in [0, 0.05) is 17.6 Å². The predicted molar refractivity (Wildman–Crippen MR) is 58.3 cm³/mol. The van der Waals surface area contributed by atoms with E-state index in [-0.39, 0.29) is 30.1 Å². The summed E-state index contributed by atoms with van der Waals surface area (Å²) in [6, 6.07) is 0. The summed E-state index contributed by atoms with van der Waals surface area (Å²) in [5.41, 5.74) is 0. The molecule has 1 atom stereocenters. The van der Waals surface area contributed by atoms with Gasteiger partial charge in [0.15, 0.2) is 5.78 Å². The zero-order valence-electron chi connectivity index (χ0n) is 8.71. The lowest BCUT2D eigenvalue weighted by Gasteiger charge is -2.10. The minimum absolute atomic E-state index is 0.00764. The number of carbonyl (C=O) groups excluding carboxylic acids is 2. The lowest BCUT2D eigenvalue weighted by molar-refractivity contribution is -0.128. The van der Waals surface area contributed by atoms with Crippen molar-refractivity contribution in [3.63, 3.8) is 0 Å². The smallest absolute Gasteiger partial charge is 0.224 e. The third-order valence-corrected chi connectivity index (χ3v) is 3.54. The van der Waals surface area contributed by atoms with E-state index in [9.17, 15) is 9.59 Å². The molecule has 1 aliphatic heterocycles. The van der Waals surface area contributed by atoms with Gasteiger partial charge in [-0.2, -0.15) is 11.8 Å².